The van der Waals surface area contributed by atoms with Crippen molar-refractivity contribution in [2.75, 3.05) is 0 Å². The number of hydrogen-bond donors (Lipinski definition) is 1. The van der Waals surface area contributed by atoms with Crippen LogP contribution in [0, 0.1) is 6.92 Å². The van der Waals surface area contributed by atoms with Crippen molar-refractivity contribution in [2.45, 2.75) is 6.92 Å². The van der Waals surface area contributed by atoms with E-state index in [2.05, 4.69) is 4.98 Å². The van der Waals surface area contributed by atoms with Crippen molar-refractivity contribution in [2.24, 2.45) is 0 Å². The first-order valence-corrected chi connectivity index (χ1v) is 3.31. The first kappa shape index (κ1) is 8.39. The number of hydrogen-bond acceptors (Lipinski definition) is 3. The lowest BCUT2D eigenvalue weighted by Gasteiger charge is -1.94. The number of aryl methyl sites for hydroxylation is 1. The van der Waals surface area contributed by atoms with Crippen LogP contribution < -0.4 is 0 Å². The SMILES string of the molecule is Cc1ccc(C(=O)C(=O)O)cn1. The number of carboxylic acids is 1. The van der Waals surface area contributed by atoms with Gasteiger partial charge >= 0.3 is 5.97 Å². The molecule has 62 valence electrons. The smallest absolute Gasteiger partial charge is 0.377 e. The molecule has 0 radical (unpaired) electrons. The van der Waals surface area contributed by atoms with Crippen LogP contribution in [0.15, 0.2) is 18.3 Å². The predicted octanol–water partition coefficient (Wildman–Crippen LogP) is 0.657. The largest absolute Gasteiger partial charge is 0.475 e. The lowest BCUT2D eigenvalue weighted by atomic mass is 10.2. The van der Waals surface area contributed by atoms with Crippen LogP contribution >= 0.6 is 0 Å². The monoisotopic (exact) mass is 165 g/mol. The molecule has 1 aromatic heterocycles. The van der Waals surface area contributed by atoms with Crippen molar-refractivity contribution in [3.63, 3.8) is 0 Å². The van der Waals surface area contributed by atoms with E-state index in [4.69, 9.17) is 5.11 Å². The summed E-state index contributed by atoms with van der Waals surface area (Å²) in [5, 5.41) is 8.33. The Morgan fingerprint density at radius 1 is 1.42 bits per heavy atom. The molecule has 0 unspecified atom stereocenters. The Hall–Kier alpha value is -1.71. The van der Waals surface area contributed by atoms with Gasteiger partial charge in [0, 0.05) is 17.5 Å². The van der Waals surface area contributed by atoms with Gasteiger partial charge in [-0.1, -0.05) is 0 Å². The number of nitrogens with zero attached hydrogens (tertiary/aromatic N) is 1. The number of carboxylic acid groups (broad SMARTS) is 1. The topological polar surface area (TPSA) is 67.3 Å². The second kappa shape index (κ2) is 3.13. The third-order valence-electron chi connectivity index (χ3n) is 1.37. The highest BCUT2D eigenvalue weighted by atomic mass is 16.4. The van der Waals surface area contributed by atoms with E-state index in [1.54, 1.807) is 13.0 Å². The zero-order chi connectivity index (χ0) is 9.14. The summed E-state index contributed by atoms with van der Waals surface area (Å²) in [6, 6.07) is 3.04. The summed E-state index contributed by atoms with van der Waals surface area (Å²) in [6.45, 7) is 1.76. The number of aromatic nitrogens is 1. The molecule has 0 fully saturated rings. The molecule has 0 spiro atoms. The Morgan fingerprint density at radius 3 is 2.50 bits per heavy atom. The molecular weight excluding hydrogens is 158 g/mol. The van der Waals surface area contributed by atoms with E-state index in [0.29, 0.717) is 0 Å². The van der Waals surface area contributed by atoms with Crippen LogP contribution in [-0.2, 0) is 4.79 Å². The zero-order valence-corrected chi connectivity index (χ0v) is 6.44. The molecule has 0 aromatic carbocycles. The maximum absolute atomic E-state index is 10.8. The Labute approximate surface area is 68.9 Å². The molecule has 0 aliphatic heterocycles. The summed E-state index contributed by atoms with van der Waals surface area (Å²) in [5.41, 5.74) is 0.852. The lowest BCUT2D eigenvalue weighted by Crippen LogP contribution is -2.12. The van der Waals surface area contributed by atoms with Gasteiger partial charge in [0.15, 0.2) is 0 Å². The van der Waals surface area contributed by atoms with Crippen molar-refractivity contribution in [1.82, 2.24) is 4.98 Å². The van der Waals surface area contributed by atoms with Crippen molar-refractivity contribution in [3.8, 4) is 0 Å². The van der Waals surface area contributed by atoms with Gasteiger partial charge in [-0.2, -0.15) is 0 Å². The van der Waals surface area contributed by atoms with Crippen LogP contribution in [0.4, 0.5) is 0 Å². The van der Waals surface area contributed by atoms with E-state index in [9.17, 15) is 9.59 Å². The average Bonchev–Trinajstić information content (AvgIpc) is 2.04. The van der Waals surface area contributed by atoms with Crippen LogP contribution in [-0.4, -0.2) is 21.8 Å². The quantitative estimate of drug-likeness (QED) is 0.516. The van der Waals surface area contributed by atoms with Gasteiger partial charge in [-0.05, 0) is 19.1 Å². The Morgan fingerprint density at radius 2 is 2.08 bits per heavy atom. The first-order valence-electron chi connectivity index (χ1n) is 3.31. The summed E-state index contributed by atoms with van der Waals surface area (Å²) in [6.07, 6.45) is 1.26. The molecule has 0 aliphatic rings. The Bertz CT molecular complexity index is 316. The highest BCUT2D eigenvalue weighted by molar-refractivity contribution is 6.39. The molecule has 1 N–H and O–H groups in total. The highest BCUT2D eigenvalue weighted by Gasteiger charge is 2.13. The van der Waals surface area contributed by atoms with Gasteiger partial charge in [0.25, 0.3) is 5.78 Å². The fourth-order valence-electron chi connectivity index (χ4n) is 0.726. The van der Waals surface area contributed by atoms with Gasteiger partial charge < -0.3 is 5.11 Å². The van der Waals surface area contributed by atoms with E-state index in [0.717, 1.165) is 5.69 Å². The van der Waals surface area contributed by atoms with Crippen LogP contribution in [0.5, 0.6) is 0 Å². The normalized spacial score (nSPS) is 9.42. The lowest BCUT2D eigenvalue weighted by molar-refractivity contribution is -0.131. The highest BCUT2D eigenvalue weighted by Crippen LogP contribution is 2.00. The summed E-state index contributed by atoms with van der Waals surface area (Å²) in [4.78, 5) is 24.8. The molecule has 12 heavy (non-hydrogen) atoms. The zero-order valence-electron chi connectivity index (χ0n) is 6.44. The van der Waals surface area contributed by atoms with Crippen molar-refractivity contribution in [3.05, 3.63) is 29.6 Å². The first-order chi connectivity index (χ1) is 5.61. The molecule has 0 saturated heterocycles. The van der Waals surface area contributed by atoms with Gasteiger partial charge in [0.1, 0.15) is 0 Å². The molecule has 4 nitrogen and oxygen atoms in total. The van der Waals surface area contributed by atoms with Crippen LogP contribution in [0.2, 0.25) is 0 Å². The third-order valence-corrected chi connectivity index (χ3v) is 1.37. The molecule has 0 saturated carbocycles. The number of aliphatic carboxylic acids is 1. The average molecular weight is 165 g/mol. The van der Waals surface area contributed by atoms with Crippen molar-refractivity contribution in [1.29, 1.82) is 0 Å². The second-order valence-corrected chi connectivity index (χ2v) is 2.32. The summed E-state index contributed by atoms with van der Waals surface area (Å²) in [7, 11) is 0. The third kappa shape index (κ3) is 1.66. The van der Waals surface area contributed by atoms with Gasteiger partial charge in [-0.15, -0.1) is 0 Å². The maximum Gasteiger partial charge on any atom is 0.377 e. The van der Waals surface area contributed by atoms with E-state index < -0.39 is 11.8 Å². The maximum atomic E-state index is 10.8. The number of rotatable bonds is 2. The summed E-state index contributed by atoms with van der Waals surface area (Å²) < 4.78 is 0. The minimum Gasteiger partial charge on any atom is -0.475 e. The van der Waals surface area contributed by atoms with Crippen LogP contribution in [0.1, 0.15) is 16.1 Å². The number of pyridine rings is 1. The molecule has 1 rings (SSSR count). The summed E-state index contributed by atoms with van der Waals surface area (Å²) in [5.74, 6) is -2.39. The Balaban J connectivity index is 2.98. The minimum absolute atomic E-state index is 0.105. The molecule has 0 atom stereocenters. The minimum atomic E-state index is -1.46. The van der Waals surface area contributed by atoms with E-state index in [1.165, 1.54) is 12.3 Å². The Kier molecular flexibility index (Phi) is 2.19. The van der Waals surface area contributed by atoms with Gasteiger partial charge in [0.05, 0.1) is 0 Å². The number of carbonyl (C=O) groups is 2. The molecule has 0 bridgehead atoms. The summed E-state index contributed by atoms with van der Waals surface area (Å²) >= 11 is 0. The van der Waals surface area contributed by atoms with Gasteiger partial charge in [-0.25, -0.2) is 4.79 Å². The molecule has 0 aliphatic carbocycles. The van der Waals surface area contributed by atoms with Crippen molar-refractivity contribution >= 4 is 11.8 Å². The molecule has 0 amide bonds. The fourth-order valence-corrected chi connectivity index (χ4v) is 0.726. The molecular formula is C8H7NO3. The van der Waals surface area contributed by atoms with Gasteiger partial charge in [0.2, 0.25) is 0 Å². The van der Waals surface area contributed by atoms with E-state index in [-0.39, 0.29) is 5.56 Å². The fraction of sp³-hybridized carbons (Fsp3) is 0.125. The second-order valence-electron chi connectivity index (χ2n) is 2.32. The van der Waals surface area contributed by atoms with Crippen LogP contribution in [0.3, 0.4) is 0 Å². The predicted molar refractivity (Wildman–Crippen MR) is 40.9 cm³/mol. The molecule has 1 heterocycles. The van der Waals surface area contributed by atoms with Crippen molar-refractivity contribution < 1.29 is 14.7 Å². The van der Waals surface area contributed by atoms with Gasteiger partial charge in [-0.3, -0.25) is 9.78 Å². The van der Waals surface area contributed by atoms with Crippen LogP contribution in [0.25, 0.3) is 0 Å². The molecule has 1 aromatic rings. The number of ketones is 1. The molecule has 4 heteroatoms. The standard InChI is InChI=1S/C8H7NO3/c1-5-2-3-6(4-9-5)7(10)8(11)12/h2-4H,1H3,(H,11,12). The van der Waals surface area contributed by atoms with E-state index >= 15 is 0 Å². The van der Waals surface area contributed by atoms with E-state index in [1.807, 2.05) is 0 Å². The number of carbonyl (C=O) groups excluding carboxylic acids is 1. The number of Topliss-reactive ketones (excluding diaryl/α,β-unsaturated/α-hetero) is 1.